The van der Waals surface area contributed by atoms with Gasteiger partial charge in [-0.3, -0.25) is 14.3 Å². The first kappa shape index (κ1) is 23.6. The Morgan fingerprint density at radius 3 is 2.22 bits per heavy atom. The van der Waals surface area contributed by atoms with Crippen molar-refractivity contribution in [3.63, 3.8) is 0 Å². The van der Waals surface area contributed by atoms with Crippen LogP contribution in [0.15, 0.2) is 47.4 Å². The van der Waals surface area contributed by atoms with Crippen LogP contribution in [0, 0.1) is 5.92 Å². The van der Waals surface area contributed by atoms with Crippen LogP contribution >= 0.6 is 0 Å². The standard InChI is InChI=1S/C23H30N4O4S/c1-16(2)15-24-23(29)21-14-19(8-11-22(21)27-12-4-5-13-27)26-32(30,31)20-9-6-18(7-10-20)25-17(3)28/h6-11,14,16,26H,4-5,12-13,15H2,1-3H3,(H,24,29)(H,25,28). The highest BCUT2D eigenvalue weighted by atomic mass is 32.2. The van der Waals surface area contributed by atoms with Crippen molar-refractivity contribution in [2.75, 3.05) is 34.6 Å². The molecule has 1 aliphatic heterocycles. The maximum absolute atomic E-state index is 12.9. The van der Waals surface area contributed by atoms with Crippen molar-refractivity contribution >= 4 is 38.9 Å². The number of sulfonamides is 1. The van der Waals surface area contributed by atoms with Crippen LogP contribution in [0.25, 0.3) is 0 Å². The summed E-state index contributed by atoms with van der Waals surface area (Å²) in [7, 11) is -3.87. The number of anilines is 3. The van der Waals surface area contributed by atoms with Crippen LogP contribution in [-0.2, 0) is 14.8 Å². The fourth-order valence-electron chi connectivity index (χ4n) is 3.54. The van der Waals surface area contributed by atoms with Crippen LogP contribution in [0.1, 0.15) is 44.0 Å². The number of rotatable bonds is 8. The number of carbonyl (C=O) groups is 2. The molecule has 3 rings (SSSR count). The second-order valence-electron chi connectivity index (χ2n) is 8.34. The van der Waals surface area contributed by atoms with Gasteiger partial charge in [-0.15, -0.1) is 0 Å². The third kappa shape index (κ3) is 6.00. The van der Waals surface area contributed by atoms with Gasteiger partial charge in [0.2, 0.25) is 5.91 Å². The summed E-state index contributed by atoms with van der Waals surface area (Å²) in [6.45, 7) is 7.70. The largest absolute Gasteiger partial charge is 0.371 e. The van der Waals surface area contributed by atoms with Crippen molar-refractivity contribution in [3.8, 4) is 0 Å². The Morgan fingerprint density at radius 1 is 1.00 bits per heavy atom. The lowest BCUT2D eigenvalue weighted by Crippen LogP contribution is -2.30. The van der Waals surface area contributed by atoms with Crippen LogP contribution in [0.5, 0.6) is 0 Å². The van der Waals surface area contributed by atoms with Crippen LogP contribution in [-0.4, -0.2) is 39.9 Å². The molecule has 1 fully saturated rings. The van der Waals surface area contributed by atoms with E-state index in [0.29, 0.717) is 29.4 Å². The molecule has 0 aliphatic carbocycles. The Morgan fingerprint density at radius 2 is 1.62 bits per heavy atom. The molecule has 0 spiro atoms. The average molecular weight is 459 g/mol. The quantitative estimate of drug-likeness (QED) is 0.562. The number of hydrogen-bond donors (Lipinski definition) is 3. The van der Waals surface area contributed by atoms with Crippen molar-refractivity contribution in [1.82, 2.24) is 5.32 Å². The highest BCUT2D eigenvalue weighted by Crippen LogP contribution is 2.29. The molecule has 0 bridgehead atoms. The third-order valence-corrected chi connectivity index (χ3v) is 6.49. The lowest BCUT2D eigenvalue weighted by atomic mass is 10.1. The molecule has 0 atom stereocenters. The molecular weight excluding hydrogens is 428 g/mol. The molecule has 0 saturated carbocycles. The number of hydrogen-bond acceptors (Lipinski definition) is 5. The van der Waals surface area contributed by atoms with Crippen molar-refractivity contribution in [2.45, 2.75) is 38.5 Å². The molecule has 1 aliphatic rings. The zero-order chi connectivity index (χ0) is 23.3. The van der Waals surface area contributed by atoms with E-state index in [9.17, 15) is 18.0 Å². The smallest absolute Gasteiger partial charge is 0.261 e. The number of nitrogens with zero attached hydrogens (tertiary/aromatic N) is 1. The highest BCUT2D eigenvalue weighted by molar-refractivity contribution is 7.92. The Labute approximate surface area is 189 Å². The Bertz CT molecular complexity index is 1080. The summed E-state index contributed by atoms with van der Waals surface area (Å²) in [4.78, 5) is 26.3. The maximum atomic E-state index is 12.9. The van der Waals surface area contributed by atoms with Gasteiger partial charge in [0.25, 0.3) is 15.9 Å². The van der Waals surface area contributed by atoms with Gasteiger partial charge in [-0.2, -0.15) is 0 Å². The van der Waals surface area contributed by atoms with Gasteiger partial charge >= 0.3 is 0 Å². The van der Waals surface area contributed by atoms with E-state index >= 15 is 0 Å². The number of carbonyl (C=O) groups excluding carboxylic acids is 2. The summed E-state index contributed by atoms with van der Waals surface area (Å²) >= 11 is 0. The highest BCUT2D eigenvalue weighted by Gasteiger charge is 2.22. The minimum atomic E-state index is -3.87. The molecule has 0 aromatic heterocycles. The van der Waals surface area contributed by atoms with E-state index in [1.807, 2.05) is 13.8 Å². The molecule has 0 radical (unpaired) electrons. The molecule has 8 nitrogen and oxygen atoms in total. The van der Waals surface area contributed by atoms with E-state index in [0.717, 1.165) is 31.6 Å². The molecule has 1 heterocycles. The van der Waals surface area contributed by atoms with Gasteiger partial charge in [0.15, 0.2) is 0 Å². The van der Waals surface area contributed by atoms with Gasteiger partial charge in [-0.1, -0.05) is 13.8 Å². The van der Waals surface area contributed by atoms with Gasteiger partial charge in [-0.25, -0.2) is 8.42 Å². The summed E-state index contributed by atoms with van der Waals surface area (Å²) in [5, 5.41) is 5.53. The zero-order valence-corrected chi connectivity index (χ0v) is 19.5. The molecule has 2 aromatic carbocycles. The SMILES string of the molecule is CC(=O)Nc1ccc(S(=O)(=O)Nc2ccc(N3CCCC3)c(C(=O)NCC(C)C)c2)cc1. The van der Waals surface area contributed by atoms with E-state index in [1.165, 1.54) is 31.2 Å². The minimum Gasteiger partial charge on any atom is -0.371 e. The van der Waals surface area contributed by atoms with Gasteiger partial charge in [0.1, 0.15) is 0 Å². The van der Waals surface area contributed by atoms with E-state index in [4.69, 9.17) is 0 Å². The fourth-order valence-corrected chi connectivity index (χ4v) is 4.59. The number of benzene rings is 2. The van der Waals surface area contributed by atoms with Crippen molar-refractivity contribution in [3.05, 3.63) is 48.0 Å². The average Bonchev–Trinajstić information content (AvgIpc) is 3.26. The first-order valence-electron chi connectivity index (χ1n) is 10.7. The first-order valence-corrected chi connectivity index (χ1v) is 12.2. The van der Waals surface area contributed by atoms with Crippen LogP contribution in [0.4, 0.5) is 17.1 Å². The van der Waals surface area contributed by atoms with E-state index in [2.05, 4.69) is 20.3 Å². The second kappa shape index (κ2) is 10.0. The monoisotopic (exact) mass is 458 g/mol. The number of amides is 2. The summed E-state index contributed by atoms with van der Waals surface area (Å²) in [5.41, 5.74) is 2.09. The van der Waals surface area contributed by atoms with E-state index < -0.39 is 10.0 Å². The van der Waals surface area contributed by atoms with E-state index in [1.54, 1.807) is 18.2 Å². The number of nitrogens with one attached hydrogen (secondary N) is 3. The van der Waals surface area contributed by atoms with Gasteiger partial charge < -0.3 is 15.5 Å². The predicted octanol–water partition coefficient (Wildman–Crippen LogP) is 3.43. The summed E-state index contributed by atoms with van der Waals surface area (Å²) < 4.78 is 28.3. The fraction of sp³-hybridized carbons (Fsp3) is 0.391. The first-order chi connectivity index (χ1) is 15.2. The Balaban J connectivity index is 1.85. The molecule has 2 aromatic rings. The summed E-state index contributed by atoms with van der Waals surface area (Å²) in [6, 6.07) is 11.0. The molecular formula is C23H30N4O4S. The maximum Gasteiger partial charge on any atom is 0.261 e. The lowest BCUT2D eigenvalue weighted by molar-refractivity contribution is -0.114. The van der Waals surface area contributed by atoms with Crippen molar-refractivity contribution in [2.24, 2.45) is 5.92 Å². The Kier molecular flexibility index (Phi) is 7.40. The van der Waals surface area contributed by atoms with Crippen LogP contribution < -0.4 is 20.3 Å². The van der Waals surface area contributed by atoms with Gasteiger partial charge in [-0.05, 0) is 61.2 Å². The minimum absolute atomic E-state index is 0.0565. The van der Waals surface area contributed by atoms with Gasteiger partial charge in [0.05, 0.1) is 10.5 Å². The van der Waals surface area contributed by atoms with Crippen molar-refractivity contribution in [1.29, 1.82) is 0 Å². The summed E-state index contributed by atoms with van der Waals surface area (Å²) in [6.07, 6.45) is 2.13. The lowest BCUT2D eigenvalue weighted by Gasteiger charge is -2.22. The van der Waals surface area contributed by atoms with Crippen molar-refractivity contribution < 1.29 is 18.0 Å². The van der Waals surface area contributed by atoms with E-state index in [-0.39, 0.29) is 16.7 Å². The van der Waals surface area contributed by atoms with Gasteiger partial charge in [0, 0.05) is 43.6 Å². The second-order valence-corrected chi connectivity index (χ2v) is 10.0. The normalized spacial score (nSPS) is 13.8. The molecule has 172 valence electrons. The molecule has 2 amide bonds. The third-order valence-electron chi connectivity index (χ3n) is 5.10. The molecule has 9 heteroatoms. The molecule has 1 saturated heterocycles. The zero-order valence-electron chi connectivity index (χ0n) is 18.6. The molecule has 3 N–H and O–H groups in total. The predicted molar refractivity (Wildman–Crippen MR) is 127 cm³/mol. The molecule has 32 heavy (non-hydrogen) atoms. The Hall–Kier alpha value is -3.07. The van der Waals surface area contributed by atoms with Crippen LogP contribution in [0.3, 0.4) is 0 Å². The topological polar surface area (TPSA) is 108 Å². The summed E-state index contributed by atoms with van der Waals surface area (Å²) in [5.74, 6) is -0.155. The van der Waals surface area contributed by atoms with Crippen LogP contribution in [0.2, 0.25) is 0 Å². The molecule has 0 unspecified atom stereocenters.